The summed E-state index contributed by atoms with van der Waals surface area (Å²) in [5.74, 6) is 0. The van der Waals surface area contributed by atoms with Gasteiger partial charge >= 0.3 is 0 Å². The number of benzene rings is 1. The second kappa shape index (κ2) is 6.17. The van der Waals surface area contributed by atoms with E-state index in [1.165, 1.54) is 16.5 Å². The number of halogens is 2. The van der Waals surface area contributed by atoms with Crippen molar-refractivity contribution < 1.29 is 0 Å². The van der Waals surface area contributed by atoms with Gasteiger partial charge in [-0.05, 0) is 25.5 Å². The molecule has 20 heavy (non-hydrogen) atoms. The minimum absolute atomic E-state index is 0. The van der Waals surface area contributed by atoms with Crippen LogP contribution in [0.15, 0.2) is 18.3 Å². The van der Waals surface area contributed by atoms with E-state index >= 15 is 0 Å². The molecule has 1 aliphatic heterocycles. The standard InChI is InChI=1S/C15H18ClN3.ClH/c1-10-7-11(2)14-12(8-10)15(13(16)9-18-14)19-5-3-17-4-6-19;/h7-9,17H,3-6H2,1-2H3;1H. The van der Waals surface area contributed by atoms with Crippen molar-refractivity contribution >= 4 is 40.6 Å². The van der Waals surface area contributed by atoms with Gasteiger partial charge < -0.3 is 10.2 Å². The maximum atomic E-state index is 6.42. The van der Waals surface area contributed by atoms with E-state index in [9.17, 15) is 0 Å². The van der Waals surface area contributed by atoms with Gasteiger partial charge in [0.15, 0.2) is 0 Å². The number of nitrogens with zero attached hydrogens (tertiary/aromatic N) is 2. The van der Waals surface area contributed by atoms with Gasteiger partial charge in [-0.25, -0.2) is 0 Å². The molecule has 0 bridgehead atoms. The molecular formula is C15H19Cl2N3. The Bertz CT molecular complexity index is 622. The molecule has 0 radical (unpaired) electrons. The van der Waals surface area contributed by atoms with Crippen LogP contribution in [0.4, 0.5) is 5.69 Å². The average molecular weight is 312 g/mol. The highest BCUT2D eigenvalue weighted by molar-refractivity contribution is 6.34. The van der Waals surface area contributed by atoms with Crippen molar-refractivity contribution in [2.24, 2.45) is 0 Å². The van der Waals surface area contributed by atoms with E-state index in [0.29, 0.717) is 0 Å². The van der Waals surface area contributed by atoms with E-state index in [2.05, 4.69) is 41.2 Å². The minimum Gasteiger partial charge on any atom is -0.367 e. The third kappa shape index (κ3) is 2.71. The summed E-state index contributed by atoms with van der Waals surface area (Å²) >= 11 is 6.42. The predicted molar refractivity (Wildman–Crippen MR) is 88.6 cm³/mol. The van der Waals surface area contributed by atoms with Crippen molar-refractivity contribution in [1.29, 1.82) is 0 Å². The van der Waals surface area contributed by atoms with Crippen LogP contribution in [-0.2, 0) is 0 Å². The summed E-state index contributed by atoms with van der Waals surface area (Å²) in [6.45, 7) is 8.22. The molecule has 0 spiro atoms. The SMILES string of the molecule is Cc1cc(C)c2ncc(Cl)c(N3CCNCC3)c2c1.Cl. The summed E-state index contributed by atoms with van der Waals surface area (Å²) in [4.78, 5) is 6.87. The van der Waals surface area contributed by atoms with Gasteiger partial charge in [-0.2, -0.15) is 0 Å². The highest BCUT2D eigenvalue weighted by Crippen LogP contribution is 2.35. The summed E-state index contributed by atoms with van der Waals surface area (Å²) < 4.78 is 0. The van der Waals surface area contributed by atoms with Gasteiger partial charge in [-0.15, -0.1) is 12.4 Å². The number of anilines is 1. The normalized spacial score (nSPS) is 15.2. The van der Waals surface area contributed by atoms with Gasteiger partial charge in [0.25, 0.3) is 0 Å². The zero-order chi connectivity index (χ0) is 13.4. The van der Waals surface area contributed by atoms with E-state index < -0.39 is 0 Å². The summed E-state index contributed by atoms with van der Waals surface area (Å²) in [6.07, 6.45) is 1.78. The maximum Gasteiger partial charge on any atom is 0.0829 e. The summed E-state index contributed by atoms with van der Waals surface area (Å²) in [7, 11) is 0. The van der Waals surface area contributed by atoms with Crippen molar-refractivity contribution in [3.05, 3.63) is 34.5 Å². The first kappa shape index (κ1) is 15.4. The molecule has 0 saturated carbocycles. The molecule has 1 aromatic heterocycles. The Morgan fingerprint density at radius 1 is 1.20 bits per heavy atom. The Kier molecular flexibility index (Phi) is 4.74. The van der Waals surface area contributed by atoms with E-state index in [0.717, 1.165) is 42.4 Å². The number of fused-ring (bicyclic) bond motifs is 1. The number of pyridine rings is 1. The van der Waals surface area contributed by atoms with Gasteiger partial charge in [-0.3, -0.25) is 4.98 Å². The number of nitrogens with one attached hydrogen (secondary N) is 1. The molecule has 1 aromatic carbocycles. The second-order valence-corrected chi connectivity index (χ2v) is 5.58. The van der Waals surface area contributed by atoms with Crippen LogP contribution in [0, 0.1) is 13.8 Å². The Morgan fingerprint density at radius 3 is 2.60 bits per heavy atom. The molecule has 0 atom stereocenters. The largest absolute Gasteiger partial charge is 0.367 e. The molecule has 3 nitrogen and oxygen atoms in total. The van der Waals surface area contributed by atoms with E-state index in [4.69, 9.17) is 11.6 Å². The zero-order valence-electron chi connectivity index (χ0n) is 11.7. The number of hydrogen-bond acceptors (Lipinski definition) is 3. The second-order valence-electron chi connectivity index (χ2n) is 5.17. The number of hydrogen-bond donors (Lipinski definition) is 1. The van der Waals surface area contributed by atoms with Crippen LogP contribution in [0.25, 0.3) is 10.9 Å². The van der Waals surface area contributed by atoms with Crippen molar-refractivity contribution in [2.45, 2.75) is 13.8 Å². The zero-order valence-corrected chi connectivity index (χ0v) is 13.3. The van der Waals surface area contributed by atoms with Crippen LogP contribution in [0.5, 0.6) is 0 Å². The van der Waals surface area contributed by atoms with Gasteiger partial charge in [0.1, 0.15) is 0 Å². The molecule has 2 heterocycles. The smallest absolute Gasteiger partial charge is 0.0829 e. The van der Waals surface area contributed by atoms with Gasteiger partial charge in [-0.1, -0.05) is 23.2 Å². The Hall–Kier alpha value is -1.03. The summed E-state index contributed by atoms with van der Waals surface area (Å²) in [5.41, 5.74) is 4.66. The maximum absolute atomic E-state index is 6.42. The Labute approximate surface area is 130 Å². The number of rotatable bonds is 1. The third-order valence-electron chi connectivity index (χ3n) is 3.67. The van der Waals surface area contributed by atoms with Crippen LogP contribution in [0.3, 0.4) is 0 Å². The fourth-order valence-electron chi connectivity index (χ4n) is 2.83. The van der Waals surface area contributed by atoms with Crippen LogP contribution in [-0.4, -0.2) is 31.2 Å². The fraction of sp³-hybridized carbons (Fsp3) is 0.400. The molecule has 5 heteroatoms. The minimum atomic E-state index is 0. The van der Waals surface area contributed by atoms with Crippen LogP contribution in [0.2, 0.25) is 5.02 Å². The van der Waals surface area contributed by atoms with Crippen LogP contribution < -0.4 is 10.2 Å². The molecule has 1 fully saturated rings. The molecule has 0 aliphatic carbocycles. The number of aromatic nitrogens is 1. The molecule has 1 saturated heterocycles. The lowest BCUT2D eigenvalue weighted by Crippen LogP contribution is -2.43. The van der Waals surface area contributed by atoms with Crippen molar-refractivity contribution in [1.82, 2.24) is 10.3 Å². The first-order valence-electron chi connectivity index (χ1n) is 6.68. The highest BCUT2D eigenvalue weighted by atomic mass is 35.5. The van der Waals surface area contributed by atoms with Crippen molar-refractivity contribution in [3.63, 3.8) is 0 Å². The fourth-order valence-corrected chi connectivity index (χ4v) is 3.10. The van der Waals surface area contributed by atoms with Crippen molar-refractivity contribution in [2.75, 3.05) is 31.1 Å². The molecule has 0 amide bonds. The van der Waals surface area contributed by atoms with Crippen LogP contribution in [0.1, 0.15) is 11.1 Å². The average Bonchev–Trinajstić information content (AvgIpc) is 2.39. The van der Waals surface area contributed by atoms with Crippen LogP contribution >= 0.6 is 24.0 Å². The highest BCUT2D eigenvalue weighted by Gasteiger charge is 2.18. The first-order valence-corrected chi connectivity index (χ1v) is 7.06. The first-order chi connectivity index (χ1) is 9.16. The van der Waals surface area contributed by atoms with E-state index in [1.54, 1.807) is 6.20 Å². The van der Waals surface area contributed by atoms with E-state index in [-0.39, 0.29) is 12.4 Å². The lowest BCUT2D eigenvalue weighted by molar-refractivity contribution is 0.590. The van der Waals surface area contributed by atoms with Gasteiger partial charge in [0, 0.05) is 37.8 Å². The molecule has 0 unspecified atom stereocenters. The number of aryl methyl sites for hydroxylation is 2. The lowest BCUT2D eigenvalue weighted by atomic mass is 10.0. The predicted octanol–water partition coefficient (Wildman–Crippen LogP) is 3.34. The Balaban J connectivity index is 0.00000147. The monoisotopic (exact) mass is 311 g/mol. The molecular weight excluding hydrogens is 293 g/mol. The quantitative estimate of drug-likeness (QED) is 0.875. The molecule has 3 rings (SSSR count). The molecule has 1 aliphatic rings. The lowest BCUT2D eigenvalue weighted by Gasteiger charge is -2.31. The topological polar surface area (TPSA) is 28.2 Å². The van der Waals surface area contributed by atoms with Gasteiger partial charge in [0.2, 0.25) is 0 Å². The van der Waals surface area contributed by atoms with Crippen molar-refractivity contribution in [3.8, 4) is 0 Å². The summed E-state index contributed by atoms with van der Waals surface area (Å²) in [6, 6.07) is 4.36. The molecule has 1 N–H and O–H groups in total. The molecule has 2 aromatic rings. The number of piperazine rings is 1. The Morgan fingerprint density at radius 2 is 1.90 bits per heavy atom. The molecule has 108 valence electrons. The van der Waals surface area contributed by atoms with E-state index in [1.807, 2.05) is 0 Å². The van der Waals surface area contributed by atoms with Gasteiger partial charge in [0.05, 0.1) is 16.2 Å². The summed E-state index contributed by atoms with van der Waals surface area (Å²) in [5, 5.41) is 5.30. The third-order valence-corrected chi connectivity index (χ3v) is 3.94.